The van der Waals surface area contributed by atoms with Gasteiger partial charge in [0.05, 0.1) is 23.8 Å². The van der Waals surface area contributed by atoms with E-state index in [1.165, 1.54) is 6.07 Å². The molecule has 0 aliphatic carbocycles. The van der Waals surface area contributed by atoms with Crippen LogP contribution in [0.4, 0.5) is 18.9 Å². The van der Waals surface area contributed by atoms with Crippen LogP contribution in [0, 0.1) is 5.92 Å². The molecule has 1 rings (SSSR count). The Hall–Kier alpha value is -1.76. The van der Waals surface area contributed by atoms with Gasteiger partial charge in [-0.25, -0.2) is 0 Å². The lowest BCUT2D eigenvalue weighted by Crippen LogP contribution is -2.34. The van der Waals surface area contributed by atoms with Crippen LogP contribution >= 0.6 is 0 Å². The number of carbonyl (C=O) groups is 1. The molecule has 0 aliphatic rings. The van der Waals surface area contributed by atoms with E-state index < -0.39 is 29.6 Å². The van der Waals surface area contributed by atoms with E-state index >= 15 is 0 Å². The molecule has 0 heterocycles. The van der Waals surface area contributed by atoms with E-state index in [2.05, 4.69) is 5.32 Å². The first-order valence-electron chi connectivity index (χ1n) is 7.07. The molecular formula is C15H21F3N2O2. The van der Waals surface area contributed by atoms with Crippen molar-refractivity contribution in [3.05, 3.63) is 23.8 Å². The van der Waals surface area contributed by atoms with Gasteiger partial charge in [-0.05, 0) is 31.5 Å². The molecule has 7 heteroatoms. The number of hydrogen-bond acceptors (Lipinski definition) is 3. The van der Waals surface area contributed by atoms with Crippen molar-refractivity contribution in [1.82, 2.24) is 0 Å². The molecule has 0 bridgehead atoms. The summed E-state index contributed by atoms with van der Waals surface area (Å²) < 4.78 is 43.8. The number of nitrogens with two attached hydrogens (primary N) is 1. The molecule has 0 saturated carbocycles. The van der Waals surface area contributed by atoms with Gasteiger partial charge in [-0.1, -0.05) is 13.8 Å². The third-order valence-corrected chi connectivity index (χ3v) is 3.23. The highest BCUT2D eigenvalue weighted by molar-refractivity contribution is 5.94. The second kappa shape index (κ2) is 7.49. The standard InChI is InChI=1S/C15H21F3N2O2/c1-4-7-22-13-6-5-11(15(16,17)18)8-12(13)20-14(21)9(2)10(3)19/h5-6,8-10H,4,7,19H2,1-3H3,(H,20,21). The van der Waals surface area contributed by atoms with Crippen LogP contribution in [0.1, 0.15) is 32.8 Å². The van der Waals surface area contributed by atoms with Crippen LogP contribution in [-0.2, 0) is 11.0 Å². The summed E-state index contributed by atoms with van der Waals surface area (Å²) in [4.78, 5) is 12.0. The average Bonchev–Trinajstić information content (AvgIpc) is 2.43. The molecule has 1 amide bonds. The van der Waals surface area contributed by atoms with Gasteiger partial charge in [0, 0.05) is 6.04 Å². The van der Waals surface area contributed by atoms with Crippen LogP contribution < -0.4 is 15.8 Å². The number of amides is 1. The number of nitrogens with one attached hydrogen (secondary N) is 1. The van der Waals surface area contributed by atoms with Gasteiger partial charge in [-0.2, -0.15) is 13.2 Å². The minimum Gasteiger partial charge on any atom is -0.491 e. The van der Waals surface area contributed by atoms with Crippen molar-refractivity contribution in [3.63, 3.8) is 0 Å². The van der Waals surface area contributed by atoms with Crippen LogP contribution in [0.15, 0.2) is 18.2 Å². The van der Waals surface area contributed by atoms with Crippen molar-refractivity contribution in [1.29, 1.82) is 0 Å². The predicted molar refractivity (Wildman–Crippen MR) is 78.7 cm³/mol. The summed E-state index contributed by atoms with van der Waals surface area (Å²) in [5.74, 6) is -0.774. The summed E-state index contributed by atoms with van der Waals surface area (Å²) in [7, 11) is 0. The van der Waals surface area contributed by atoms with Gasteiger partial charge < -0.3 is 15.8 Å². The second-order valence-electron chi connectivity index (χ2n) is 5.19. The first kappa shape index (κ1) is 18.3. The third kappa shape index (κ3) is 4.91. The van der Waals surface area contributed by atoms with E-state index in [4.69, 9.17) is 10.5 Å². The number of benzene rings is 1. The molecule has 0 saturated heterocycles. The van der Waals surface area contributed by atoms with Crippen molar-refractivity contribution in [3.8, 4) is 5.75 Å². The maximum atomic E-state index is 12.8. The highest BCUT2D eigenvalue weighted by atomic mass is 19.4. The summed E-state index contributed by atoms with van der Waals surface area (Å²) in [6.07, 6.45) is -3.79. The Morgan fingerprint density at radius 3 is 2.50 bits per heavy atom. The maximum absolute atomic E-state index is 12.8. The summed E-state index contributed by atoms with van der Waals surface area (Å²) in [5, 5.41) is 2.47. The van der Waals surface area contributed by atoms with E-state index in [0.717, 1.165) is 12.1 Å². The zero-order chi connectivity index (χ0) is 16.9. The van der Waals surface area contributed by atoms with Gasteiger partial charge in [-0.3, -0.25) is 4.79 Å². The number of rotatable bonds is 6. The van der Waals surface area contributed by atoms with Gasteiger partial charge >= 0.3 is 6.18 Å². The highest BCUT2D eigenvalue weighted by Crippen LogP contribution is 2.35. The number of halogens is 3. The van der Waals surface area contributed by atoms with E-state index in [-0.39, 0.29) is 11.4 Å². The zero-order valence-corrected chi connectivity index (χ0v) is 12.8. The summed E-state index contributed by atoms with van der Waals surface area (Å²) in [6, 6.07) is 2.60. The molecule has 0 radical (unpaired) electrons. The molecule has 0 aromatic heterocycles. The minimum atomic E-state index is -4.49. The molecule has 3 N–H and O–H groups in total. The van der Waals surface area contributed by atoms with Crippen LogP contribution in [0.5, 0.6) is 5.75 Å². The summed E-state index contributed by atoms with van der Waals surface area (Å²) in [6.45, 7) is 5.49. The van der Waals surface area contributed by atoms with Crippen LogP contribution in [0.3, 0.4) is 0 Å². The lowest BCUT2D eigenvalue weighted by molar-refractivity contribution is -0.137. The summed E-state index contributed by atoms with van der Waals surface area (Å²) in [5.41, 5.74) is 4.79. The van der Waals surface area contributed by atoms with Crippen LogP contribution in [0.25, 0.3) is 0 Å². The quantitative estimate of drug-likeness (QED) is 0.845. The topological polar surface area (TPSA) is 64.3 Å². The lowest BCUT2D eigenvalue weighted by atomic mass is 10.0. The Kier molecular flexibility index (Phi) is 6.22. The van der Waals surface area contributed by atoms with Gasteiger partial charge in [0.1, 0.15) is 5.75 Å². The van der Waals surface area contributed by atoms with E-state index in [0.29, 0.717) is 13.0 Å². The van der Waals surface area contributed by atoms with Gasteiger partial charge in [-0.15, -0.1) is 0 Å². The summed E-state index contributed by atoms with van der Waals surface area (Å²) >= 11 is 0. The molecule has 2 atom stereocenters. The fraction of sp³-hybridized carbons (Fsp3) is 0.533. The average molecular weight is 318 g/mol. The zero-order valence-electron chi connectivity index (χ0n) is 12.8. The second-order valence-corrected chi connectivity index (χ2v) is 5.19. The lowest BCUT2D eigenvalue weighted by Gasteiger charge is -2.18. The molecule has 0 aliphatic heterocycles. The smallest absolute Gasteiger partial charge is 0.416 e. The molecule has 2 unspecified atom stereocenters. The monoisotopic (exact) mass is 318 g/mol. The first-order chi connectivity index (χ1) is 10.2. The van der Waals surface area contributed by atoms with Crippen LogP contribution in [-0.4, -0.2) is 18.6 Å². The van der Waals surface area contributed by atoms with Crippen molar-refractivity contribution in [2.75, 3.05) is 11.9 Å². The van der Waals surface area contributed by atoms with E-state index in [9.17, 15) is 18.0 Å². The molecule has 4 nitrogen and oxygen atoms in total. The fourth-order valence-electron chi connectivity index (χ4n) is 1.63. The molecule has 22 heavy (non-hydrogen) atoms. The number of carbonyl (C=O) groups excluding carboxylic acids is 1. The fourth-order valence-corrected chi connectivity index (χ4v) is 1.63. The Morgan fingerprint density at radius 1 is 1.36 bits per heavy atom. The molecule has 0 fully saturated rings. The first-order valence-corrected chi connectivity index (χ1v) is 7.07. The minimum absolute atomic E-state index is 0.000718. The van der Waals surface area contributed by atoms with Crippen molar-refractivity contribution in [2.24, 2.45) is 11.7 Å². The molecular weight excluding hydrogens is 297 g/mol. The van der Waals surface area contributed by atoms with Gasteiger partial charge in [0.25, 0.3) is 0 Å². The Morgan fingerprint density at radius 2 is 2.00 bits per heavy atom. The van der Waals surface area contributed by atoms with E-state index in [1.807, 2.05) is 6.92 Å². The molecule has 1 aromatic rings. The van der Waals surface area contributed by atoms with E-state index in [1.54, 1.807) is 13.8 Å². The van der Waals surface area contributed by atoms with Crippen molar-refractivity contribution >= 4 is 11.6 Å². The SMILES string of the molecule is CCCOc1ccc(C(F)(F)F)cc1NC(=O)C(C)C(C)N. The van der Waals surface area contributed by atoms with Crippen molar-refractivity contribution < 1.29 is 22.7 Å². The Bertz CT molecular complexity index is 516. The number of hydrogen-bond donors (Lipinski definition) is 2. The largest absolute Gasteiger partial charge is 0.491 e. The molecule has 124 valence electrons. The highest BCUT2D eigenvalue weighted by Gasteiger charge is 2.31. The Labute approximate surface area is 127 Å². The number of anilines is 1. The Balaban J connectivity index is 3.08. The molecule has 1 aromatic carbocycles. The normalized spacial score (nSPS) is 14.3. The number of alkyl halides is 3. The maximum Gasteiger partial charge on any atom is 0.416 e. The number of ether oxygens (including phenoxy) is 1. The third-order valence-electron chi connectivity index (χ3n) is 3.23. The molecule has 0 spiro atoms. The van der Waals surface area contributed by atoms with Gasteiger partial charge in [0.2, 0.25) is 5.91 Å². The van der Waals surface area contributed by atoms with Gasteiger partial charge in [0.15, 0.2) is 0 Å². The predicted octanol–water partition coefficient (Wildman–Crippen LogP) is 3.42. The van der Waals surface area contributed by atoms with Crippen LogP contribution in [0.2, 0.25) is 0 Å². The van der Waals surface area contributed by atoms with Crippen molar-refractivity contribution in [2.45, 2.75) is 39.4 Å².